The highest BCUT2D eigenvalue weighted by atomic mass is 19.1. The van der Waals surface area contributed by atoms with Crippen LogP contribution in [0.3, 0.4) is 0 Å². The Balaban J connectivity index is 2.55. The van der Waals surface area contributed by atoms with Crippen LogP contribution >= 0.6 is 0 Å². The average molecular weight is 293 g/mol. The molecular formula is C16H20FNO3. The van der Waals surface area contributed by atoms with Crippen molar-refractivity contribution in [2.75, 3.05) is 0 Å². The fraction of sp³-hybridized carbons (Fsp3) is 0.375. The van der Waals surface area contributed by atoms with E-state index in [1.54, 1.807) is 39.8 Å². The molecule has 1 aromatic carbocycles. The van der Waals surface area contributed by atoms with Gasteiger partial charge in [0.25, 0.3) is 0 Å². The number of hydrogen-bond donors (Lipinski definition) is 1. The average Bonchev–Trinajstić information content (AvgIpc) is 2.34. The molecule has 0 aliphatic carbocycles. The fourth-order valence-corrected chi connectivity index (χ4v) is 1.49. The van der Waals surface area contributed by atoms with Gasteiger partial charge in [0.15, 0.2) is 0 Å². The maximum atomic E-state index is 13.0. The lowest BCUT2D eigenvalue weighted by Crippen LogP contribution is -2.41. The number of rotatable bonds is 4. The van der Waals surface area contributed by atoms with Gasteiger partial charge < -0.3 is 10.1 Å². The van der Waals surface area contributed by atoms with Crippen molar-refractivity contribution >= 4 is 18.0 Å². The highest BCUT2D eigenvalue weighted by molar-refractivity contribution is 5.94. The summed E-state index contributed by atoms with van der Waals surface area (Å²) in [5.74, 6) is -1.33. The normalized spacial score (nSPS) is 13.0. The fourth-order valence-electron chi connectivity index (χ4n) is 1.49. The zero-order chi connectivity index (χ0) is 16.0. The van der Waals surface area contributed by atoms with Crippen LogP contribution in [0.2, 0.25) is 0 Å². The van der Waals surface area contributed by atoms with Crippen LogP contribution in [0, 0.1) is 5.82 Å². The minimum Gasteiger partial charge on any atom is -0.458 e. The first-order valence-electron chi connectivity index (χ1n) is 6.64. The number of carbonyl (C=O) groups excluding carboxylic acids is 2. The molecule has 1 aromatic rings. The minimum atomic E-state index is -0.756. The molecule has 0 spiro atoms. The Morgan fingerprint density at radius 2 is 2.00 bits per heavy atom. The Kier molecular flexibility index (Phi) is 5.64. The van der Waals surface area contributed by atoms with E-state index in [1.807, 2.05) is 0 Å². The Morgan fingerprint density at radius 1 is 1.33 bits per heavy atom. The van der Waals surface area contributed by atoms with E-state index >= 15 is 0 Å². The van der Waals surface area contributed by atoms with Crippen LogP contribution in [-0.2, 0) is 14.3 Å². The molecule has 21 heavy (non-hydrogen) atoms. The second-order valence-electron chi connectivity index (χ2n) is 5.65. The number of benzene rings is 1. The Morgan fingerprint density at radius 3 is 2.57 bits per heavy atom. The first-order valence-corrected chi connectivity index (χ1v) is 6.64. The number of nitrogens with one attached hydrogen (secondary N) is 1. The Hall–Kier alpha value is -2.17. The van der Waals surface area contributed by atoms with E-state index in [4.69, 9.17) is 4.74 Å². The highest BCUT2D eigenvalue weighted by Gasteiger charge is 2.22. The number of halogens is 1. The van der Waals surface area contributed by atoms with E-state index in [0.717, 1.165) is 0 Å². The second-order valence-corrected chi connectivity index (χ2v) is 5.65. The van der Waals surface area contributed by atoms with Crippen LogP contribution in [0.4, 0.5) is 4.39 Å². The van der Waals surface area contributed by atoms with Gasteiger partial charge in [-0.2, -0.15) is 0 Å². The zero-order valence-electron chi connectivity index (χ0n) is 12.6. The predicted octanol–water partition coefficient (Wildman–Crippen LogP) is 2.69. The van der Waals surface area contributed by atoms with E-state index in [0.29, 0.717) is 5.56 Å². The summed E-state index contributed by atoms with van der Waals surface area (Å²) < 4.78 is 18.1. The van der Waals surface area contributed by atoms with Crippen molar-refractivity contribution < 1.29 is 18.7 Å². The van der Waals surface area contributed by atoms with E-state index in [2.05, 4.69) is 5.32 Å². The maximum absolute atomic E-state index is 13.0. The zero-order valence-corrected chi connectivity index (χ0v) is 12.6. The van der Waals surface area contributed by atoms with Crippen molar-refractivity contribution in [3.63, 3.8) is 0 Å². The topological polar surface area (TPSA) is 55.4 Å². The summed E-state index contributed by atoms with van der Waals surface area (Å²) in [6.07, 6.45) is 2.72. The largest absolute Gasteiger partial charge is 0.458 e. The number of amides is 1. The lowest BCUT2D eigenvalue weighted by molar-refractivity contribution is -0.157. The van der Waals surface area contributed by atoms with Crippen LogP contribution in [-0.4, -0.2) is 23.5 Å². The standard InChI is InChI=1S/C16H20FNO3/c1-11(15(20)21-16(2,3)4)18-14(19)9-8-12-6-5-7-13(17)10-12/h5-11H,1-4H3,(H,18,19)/b9-8+/t11-/m1/s1. The molecule has 0 saturated carbocycles. The van der Waals surface area contributed by atoms with Crippen molar-refractivity contribution in [3.05, 3.63) is 41.7 Å². The first-order chi connectivity index (χ1) is 9.67. The predicted molar refractivity (Wildman–Crippen MR) is 78.9 cm³/mol. The molecule has 0 bridgehead atoms. The van der Waals surface area contributed by atoms with Gasteiger partial charge in [-0.15, -0.1) is 0 Å². The van der Waals surface area contributed by atoms with Crippen LogP contribution in [0.5, 0.6) is 0 Å². The number of esters is 1. The van der Waals surface area contributed by atoms with E-state index < -0.39 is 23.5 Å². The Labute approximate surface area is 124 Å². The molecule has 0 saturated heterocycles. The van der Waals surface area contributed by atoms with Gasteiger partial charge in [-0.1, -0.05) is 12.1 Å². The molecule has 1 amide bonds. The van der Waals surface area contributed by atoms with Gasteiger partial charge in [0.1, 0.15) is 17.5 Å². The van der Waals surface area contributed by atoms with Gasteiger partial charge in [-0.3, -0.25) is 4.79 Å². The quantitative estimate of drug-likeness (QED) is 0.686. The van der Waals surface area contributed by atoms with Gasteiger partial charge in [-0.05, 0) is 51.5 Å². The summed E-state index contributed by atoms with van der Waals surface area (Å²) >= 11 is 0. The lowest BCUT2D eigenvalue weighted by Gasteiger charge is -2.22. The second kappa shape index (κ2) is 7.02. The SMILES string of the molecule is C[C@@H](NC(=O)/C=C/c1cccc(F)c1)C(=O)OC(C)(C)C. The van der Waals surface area contributed by atoms with Gasteiger partial charge in [0, 0.05) is 6.08 Å². The van der Waals surface area contributed by atoms with Gasteiger partial charge in [0.2, 0.25) is 5.91 Å². The van der Waals surface area contributed by atoms with Crippen LogP contribution in [0.25, 0.3) is 6.08 Å². The van der Waals surface area contributed by atoms with Crippen molar-refractivity contribution in [2.45, 2.75) is 39.3 Å². The molecular weight excluding hydrogens is 273 g/mol. The van der Waals surface area contributed by atoms with Crippen LogP contribution in [0.15, 0.2) is 30.3 Å². The highest BCUT2D eigenvalue weighted by Crippen LogP contribution is 2.08. The first kappa shape index (κ1) is 16.9. The summed E-state index contributed by atoms with van der Waals surface area (Å²) in [5.41, 5.74) is -0.0388. The third-order valence-electron chi connectivity index (χ3n) is 2.39. The van der Waals surface area contributed by atoms with Crippen LogP contribution in [0.1, 0.15) is 33.3 Å². The molecule has 1 rings (SSSR count). The van der Waals surface area contributed by atoms with E-state index in [9.17, 15) is 14.0 Å². The minimum absolute atomic E-state index is 0.375. The molecule has 0 unspecified atom stereocenters. The lowest BCUT2D eigenvalue weighted by atomic mass is 10.2. The van der Waals surface area contributed by atoms with E-state index in [1.165, 1.54) is 24.3 Å². The van der Waals surface area contributed by atoms with Gasteiger partial charge in [0.05, 0.1) is 0 Å². The molecule has 0 radical (unpaired) electrons. The monoisotopic (exact) mass is 293 g/mol. The molecule has 0 aliphatic rings. The van der Waals surface area contributed by atoms with Gasteiger partial charge in [-0.25, -0.2) is 9.18 Å². The van der Waals surface area contributed by atoms with E-state index in [-0.39, 0.29) is 5.82 Å². The molecule has 1 atom stereocenters. The molecule has 114 valence electrons. The molecule has 0 aliphatic heterocycles. The third kappa shape index (κ3) is 6.70. The number of ether oxygens (including phenoxy) is 1. The van der Waals surface area contributed by atoms with Crippen molar-refractivity contribution in [2.24, 2.45) is 0 Å². The molecule has 4 nitrogen and oxygen atoms in total. The summed E-state index contributed by atoms with van der Waals surface area (Å²) in [4.78, 5) is 23.4. The summed E-state index contributed by atoms with van der Waals surface area (Å²) in [5, 5.41) is 2.49. The van der Waals surface area contributed by atoms with Crippen molar-refractivity contribution in [1.82, 2.24) is 5.32 Å². The number of hydrogen-bond acceptors (Lipinski definition) is 3. The van der Waals surface area contributed by atoms with Crippen molar-refractivity contribution in [3.8, 4) is 0 Å². The molecule has 5 heteroatoms. The number of carbonyl (C=O) groups is 2. The Bertz CT molecular complexity index is 547. The molecule has 1 N–H and O–H groups in total. The third-order valence-corrected chi connectivity index (χ3v) is 2.39. The molecule has 0 aromatic heterocycles. The van der Waals surface area contributed by atoms with Crippen molar-refractivity contribution in [1.29, 1.82) is 0 Å². The van der Waals surface area contributed by atoms with Gasteiger partial charge >= 0.3 is 5.97 Å². The summed E-state index contributed by atoms with van der Waals surface area (Å²) in [6.45, 7) is 6.80. The molecule has 0 heterocycles. The summed E-state index contributed by atoms with van der Waals surface area (Å²) in [7, 11) is 0. The smallest absolute Gasteiger partial charge is 0.328 e. The molecule has 0 fully saturated rings. The maximum Gasteiger partial charge on any atom is 0.328 e. The van der Waals surface area contributed by atoms with Crippen LogP contribution < -0.4 is 5.32 Å². The summed E-state index contributed by atoms with van der Waals surface area (Å²) in [6, 6.07) is 5.09.